The monoisotopic (exact) mass is 171 g/mol. The molecule has 0 spiro atoms. The summed E-state index contributed by atoms with van der Waals surface area (Å²) in [7, 11) is 0. The second-order valence-electron chi connectivity index (χ2n) is 2.94. The molecule has 1 fully saturated rings. The maximum Gasteiger partial charge on any atom is 0.212 e. The molecule has 1 N–H and O–H groups in total. The zero-order valence-corrected chi connectivity index (χ0v) is 6.90. The summed E-state index contributed by atoms with van der Waals surface area (Å²) >= 11 is 0. The molecule has 0 saturated carbocycles. The van der Waals surface area contributed by atoms with Crippen LogP contribution in [0.25, 0.3) is 0 Å². The number of aldehydes is 1. The van der Waals surface area contributed by atoms with Crippen molar-refractivity contribution in [1.82, 2.24) is 4.90 Å². The first-order valence-corrected chi connectivity index (χ1v) is 4.13. The Kier molecular flexibility index (Phi) is 3.37. The van der Waals surface area contributed by atoms with Crippen molar-refractivity contribution >= 4 is 12.1 Å². The summed E-state index contributed by atoms with van der Waals surface area (Å²) in [6.07, 6.45) is 2.06. The number of aliphatic hydroxyl groups excluding tert-OH is 1. The van der Waals surface area contributed by atoms with Crippen LogP contribution in [0.4, 0.5) is 0 Å². The molecule has 0 aromatic heterocycles. The quantitative estimate of drug-likeness (QED) is 0.445. The van der Waals surface area contributed by atoms with Gasteiger partial charge in [0, 0.05) is 6.54 Å². The van der Waals surface area contributed by atoms with Crippen LogP contribution < -0.4 is 0 Å². The minimum Gasteiger partial charge on any atom is -0.395 e. The highest BCUT2D eigenvalue weighted by atomic mass is 16.3. The third-order valence-electron chi connectivity index (χ3n) is 2.20. The molecule has 1 unspecified atom stereocenters. The van der Waals surface area contributed by atoms with Crippen LogP contribution in [-0.4, -0.2) is 47.8 Å². The van der Waals surface area contributed by atoms with Crippen LogP contribution in [0, 0.1) is 0 Å². The molecular formula is C8H13NO3. The average molecular weight is 171 g/mol. The maximum atomic E-state index is 11.0. The molecule has 1 aliphatic heterocycles. The van der Waals surface area contributed by atoms with E-state index in [9.17, 15) is 9.59 Å². The van der Waals surface area contributed by atoms with Crippen LogP contribution in [-0.2, 0) is 9.59 Å². The van der Waals surface area contributed by atoms with E-state index in [1.165, 1.54) is 0 Å². The molecule has 1 rings (SSSR count). The lowest BCUT2D eigenvalue weighted by Gasteiger charge is -2.19. The van der Waals surface area contributed by atoms with Gasteiger partial charge in [0.2, 0.25) is 5.78 Å². The van der Waals surface area contributed by atoms with E-state index < -0.39 is 0 Å². The molecule has 0 aromatic rings. The Bertz CT molecular complexity index is 181. The fourth-order valence-electron chi connectivity index (χ4n) is 1.62. The van der Waals surface area contributed by atoms with Crippen molar-refractivity contribution < 1.29 is 14.7 Å². The first-order chi connectivity index (χ1) is 5.79. The summed E-state index contributed by atoms with van der Waals surface area (Å²) in [5.41, 5.74) is 0. The van der Waals surface area contributed by atoms with E-state index >= 15 is 0 Å². The van der Waals surface area contributed by atoms with Gasteiger partial charge in [0.1, 0.15) is 0 Å². The molecule has 68 valence electrons. The molecule has 1 aliphatic rings. The van der Waals surface area contributed by atoms with E-state index in [1.54, 1.807) is 0 Å². The van der Waals surface area contributed by atoms with Crippen molar-refractivity contribution in [1.29, 1.82) is 0 Å². The van der Waals surface area contributed by atoms with Gasteiger partial charge in [-0.05, 0) is 19.4 Å². The van der Waals surface area contributed by atoms with Gasteiger partial charge in [-0.25, -0.2) is 0 Å². The number of carbonyl (C=O) groups is 2. The predicted molar refractivity (Wildman–Crippen MR) is 42.8 cm³/mol. The lowest BCUT2D eigenvalue weighted by atomic mass is 10.1. The first kappa shape index (κ1) is 9.35. The van der Waals surface area contributed by atoms with Gasteiger partial charge in [0.25, 0.3) is 0 Å². The zero-order chi connectivity index (χ0) is 8.97. The minimum atomic E-state index is -0.360. The van der Waals surface area contributed by atoms with E-state index in [1.807, 2.05) is 4.90 Å². The third-order valence-corrected chi connectivity index (χ3v) is 2.20. The van der Waals surface area contributed by atoms with Crippen molar-refractivity contribution in [2.75, 3.05) is 19.7 Å². The summed E-state index contributed by atoms with van der Waals surface area (Å²) in [4.78, 5) is 23.1. The Morgan fingerprint density at radius 3 is 3.00 bits per heavy atom. The fourth-order valence-corrected chi connectivity index (χ4v) is 1.62. The first-order valence-electron chi connectivity index (χ1n) is 4.13. The summed E-state index contributed by atoms with van der Waals surface area (Å²) in [5, 5.41) is 8.66. The molecule has 1 atom stereocenters. The predicted octanol–water partition coefficient (Wildman–Crippen LogP) is -0.789. The van der Waals surface area contributed by atoms with E-state index in [0.29, 0.717) is 12.8 Å². The number of carbonyl (C=O) groups excluding carboxylic acids is 2. The number of ketones is 1. The zero-order valence-electron chi connectivity index (χ0n) is 6.90. The molecule has 4 nitrogen and oxygen atoms in total. The smallest absolute Gasteiger partial charge is 0.212 e. The van der Waals surface area contributed by atoms with Crippen LogP contribution >= 0.6 is 0 Å². The van der Waals surface area contributed by atoms with Gasteiger partial charge in [-0.15, -0.1) is 0 Å². The number of nitrogens with zero attached hydrogens (tertiary/aromatic N) is 1. The van der Waals surface area contributed by atoms with Gasteiger partial charge in [-0.1, -0.05) is 0 Å². The molecule has 0 radical (unpaired) electrons. The van der Waals surface area contributed by atoms with Gasteiger partial charge in [0.15, 0.2) is 6.29 Å². The van der Waals surface area contributed by atoms with Crippen molar-refractivity contribution in [3.63, 3.8) is 0 Å². The molecule has 0 aromatic carbocycles. The molecule has 12 heavy (non-hydrogen) atoms. The number of Topliss-reactive ketones (excluding diaryl/α,β-unsaturated/α-hetero) is 1. The second kappa shape index (κ2) is 4.33. The Balaban J connectivity index is 2.51. The highest BCUT2D eigenvalue weighted by Crippen LogP contribution is 2.16. The topological polar surface area (TPSA) is 57.6 Å². The molecule has 0 bridgehead atoms. The Morgan fingerprint density at radius 2 is 2.42 bits per heavy atom. The van der Waals surface area contributed by atoms with E-state index in [2.05, 4.69) is 0 Å². The molecular weight excluding hydrogens is 158 g/mol. The Labute approximate surface area is 71.2 Å². The SMILES string of the molecule is O=CC(=O)C1CCCN1CCO. The number of β-amino-alcohol motifs (C(OH)–C–C–N with tert-alkyl or cyclic N) is 1. The number of hydrogen-bond acceptors (Lipinski definition) is 4. The van der Waals surface area contributed by atoms with Crippen LogP contribution in [0.2, 0.25) is 0 Å². The summed E-state index contributed by atoms with van der Waals surface area (Å²) in [6.45, 7) is 1.34. The van der Waals surface area contributed by atoms with Gasteiger partial charge in [0.05, 0.1) is 12.6 Å². The van der Waals surface area contributed by atoms with Gasteiger partial charge in [-0.3, -0.25) is 14.5 Å². The van der Waals surface area contributed by atoms with Crippen molar-refractivity contribution in [2.45, 2.75) is 18.9 Å². The molecule has 1 heterocycles. The van der Waals surface area contributed by atoms with E-state index in [-0.39, 0.29) is 18.4 Å². The van der Waals surface area contributed by atoms with Crippen LogP contribution in [0.15, 0.2) is 0 Å². The maximum absolute atomic E-state index is 11.0. The van der Waals surface area contributed by atoms with Gasteiger partial charge in [-0.2, -0.15) is 0 Å². The van der Waals surface area contributed by atoms with Crippen LogP contribution in [0.1, 0.15) is 12.8 Å². The third kappa shape index (κ3) is 1.89. The standard InChI is InChI=1S/C8H13NO3/c10-5-4-9-3-1-2-7(9)8(12)6-11/h6-7,10H,1-5H2. The summed E-state index contributed by atoms with van der Waals surface area (Å²) in [6, 6.07) is -0.269. The van der Waals surface area contributed by atoms with Crippen LogP contribution in [0.3, 0.4) is 0 Å². The number of likely N-dealkylation sites (tertiary alicyclic amines) is 1. The van der Waals surface area contributed by atoms with Crippen molar-refractivity contribution in [3.8, 4) is 0 Å². The largest absolute Gasteiger partial charge is 0.395 e. The second-order valence-corrected chi connectivity index (χ2v) is 2.94. The lowest BCUT2D eigenvalue weighted by molar-refractivity contribution is -0.132. The molecule has 1 saturated heterocycles. The fraction of sp³-hybridized carbons (Fsp3) is 0.750. The van der Waals surface area contributed by atoms with Crippen LogP contribution in [0.5, 0.6) is 0 Å². The number of hydrogen-bond donors (Lipinski definition) is 1. The van der Waals surface area contributed by atoms with Gasteiger partial charge >= 0.3 is 0 Å². The normalized spacial score (nSPS) is 24.2. The van der Waals surface area contributed by atoms with Crippen molar-refractivity contribution in [3.05, 3.63) is 0 Å². The van der Waals surface area contributed by atoms with E-state index in [0.717, 1.165) is 19.4 Å². The Morgan fingerprint density at radius 1 is 1.67 bits per heavy atom. The van der Waals surface area contributed by atoms with E-state index in [4.69, 9.17) is 5.11 Å². The highest BCUT2D eigenvalue weighted by Gasteiger charge is 2.29. The minimum absolute atomic E-state index is 0.0443. The molecule has 0 aliphatic carbocycles. The molecule has 0 amide bonds. The average Bonchev–Trinajstić information content (AvgIpc) is 2.52. The summed E-state index contributed by atoms with van der Waals surface area (Å²) in [5.74, 6) is -0.360. The van der Waals surface area contributed by atoms with Crippen molar-refractivity contribution in [2.24, 2.45) is 0 Å². The summed E-state index contributed by atoms with van der Waals surface area (Å²) < 4.78 is 0. The van der Waals surface area contributed by atoms with Gasteiger partial charge < -0.3 is 5.11 Å². The number of aliphatic hydroxyl groups is 1. The molecule has 4 heteroatoms. The Hall–Kier alpha value is -0.740. The number of rotatable bonds is 4. The lowest BCUT2D eigenvalue weighted by Crippen LogP contribution is -2.38. The highest BCUT2D eigenvalue weighted by molar-refractivity contribution is 6.27.